The number of hydrogen-bond donors (Lipinski definition) is 3. The van der Waals surface area contributed by atoms with E-state index < -0.39 is 5.97 Å². The third kappa shape index (κ3) is 1.89. The highest BCUT2D eigenvalue weighted by molar-refractivity contribution is 6.08. The zero-order valence-corrected chi connectivity index (χ0v) is 10.1. The number of para-hydroxylation sites is 1. The zero-order valence-electron chi connectivity index (χ0n) is 10.1. The maximum Gasteiger partial charge on any atom is 0.303 e. The normalized spacial score (nSPS) is 11.2. The Labute approximate surface area is 108 Å². The van der Waals surface area contributed by atoms with Crippen molar-refractivity contribution in [2.45, 2.75) is 12.8 Å². The van der Waals surface area contributed by atoms with E-state index in [2.05, 4.69) is 9.97 Å². The summed E-state index contributed by atoms with van der Waals surface area (Å²) in [6, 6.07) is 7.70. The van der Waals surface area contributed by atoms with Crippen molar-refractivity contribution in [3.05, 3.63) is 36.2 Å². The summed E-state index contributed by atoms with van der Waals surface area (Å²) in [7, 11) is 0. The van der Waals surface area contributed by atoms with Crippen LogP contribution in [0.25, 0.3) is 21.8 Å². The predicted molar refractivity (Wildman–Crippen MR) is 71.2 cm³/mol. The number of benzene rings is 1. The number of aromatic hydroxyl groups is 1. The number of carboxylic acids is 1. The molecule has 3 N–H and O–H groups in total. The van der Waals surface area contributed by atoms with Gasteiger partial charge >= 0.3 is 5.97 Å². The third-order valence-corrected chi connectivity index (χ3v) is 3.18. The molecule has 96 valence electrons. The molecule has 0 saturated carbocycles. The molecule has 0 atom stereocenters. The second-order valence-corrected chi connectivity index (χ2v) is 4.41. The van der Waals surface area contributed by atoms with Crippen molar-refractivity contribution in [1.82, 2.24) is 9.97 Å². The summed E-state index contributed by atoms with van der Waals surface area (Å²) < 4.78 is 0. The molecular weight excluding hydrogens is 244 g/mol. The van der Waals surface area contributed by atoms with E-state index in [-0.39, 0.29) is 18.6 Å². The van der Waals surface area contributed by atoms with E-state index in [0.29, 0.717) is 11.2 Å². The van der Waals surface area contributed by atoms with Gasteiger partial charge < -0.3 is 15.2 Å². The van der Waals surface area contributed by atoms with Crippen LogP contribution in [0.2, 0.25) is 0 Å². The molecule has 2 aromatic heterocycles. The first-order valence-corrected chi connectivity index (χ1v) is 5.96. The fourth-order valence-corrected chi connectivity index (χ4v) is 2.24. The fraction of sp³-hybridized carbons (Fsp3) is 0.143. The Balaban J connectivity index is 2.16. The lowest BCUT2D eigenvalue weighted by atomic mass is 10.1. The van der Waals surface area contributed by atoms with Crippen LogP contribution in [0.5, 0.6) is 5.75 Å². The van der Waals surface area contributed by atoms with Gasteiger partial charge in [-0.3, -0.25) is 9.78 Å². The quantitative estimate of drug-likeness (QED) is 0.671. The van der Waals surface area contributed by atoms with E-state index in [1.165, 1.54) is 0 Å². The third-order valence-electron chi connectivity index (χ3n) is 3.18. The van der Waals surface area contributed by atoms with E-state index >= 15 is 0 Å². The molecule has 3 rings (SSSR count). The molecule has 2 heterocycles. The Kier molecular flexibility index (Phi) is 2.59. The highest BCUT2D eigenvalue weighted by Gasteiger charge is 2.13. The molecule has 0 aliphatic rings. The number of pyridine rings is 1. The second-order valence-electron chi connectivity index (χ2n) is 4.41. The van der Waals surface area contributed by atoms with Crippen LogP contribution >= 0.6 is 0 Å². The van der Waals surface area contributed by atoms with Gasteiger partial charge in [-0.25, -0.2) is 0 Å². The Bertz CT molecular complexity index is 777. The van der Waals surface area contributed by atoms with Gasteiger partial charge in [0.05, 0.1) is 17.6 Å². The lowest BCUT2D eigenvalue weighted by molar-refractivity contribution is -0.136. The number of aliphatic carboxylic acids is 1. The van der Waals surface area contributed by atoms with Gasteiger partial charge in [-0.2, -0.15) is 0 Å². The number of hydrogen-bond acceptors (Lipinski definition) is 3. The van der Waals surface area contributed by atoms with Gasteiger partial charge in [0.15, 0.2) is 5.75 Å². The average Bonchev–Trinajstić information content (AvgIpc) is 2.77. The highest BCUT2D eigenvalue weighted by atomic mass is 16.4. The average molecular weight is 256 g/mol. The summed E-state index contributed by atoms with van der Waals surface area (Å²) in [4.78, 5) is 17.9. The summed E-state index contributed by atoms with van der Waals surface area (Å²) in [5.41, 5.74) is 1.93. The summed E-state index contributed by atoms with van der Waals surface area (Å²) >= 11 is 0. The van der Waals surface area contributed by atoms with E-state index in [1.54, 1.807) is 6.20 Å². The Hall–Kier alpha value is -2.56. The van der Waals surface area contributed by atoms with Crippen LogP contribution < -0.4 is 0 Å². The highest BCUT2D eigenvalue weighted by Crippen LogP contribution is 2.32. The Morgan fingerprint density at radius 1 is 1.26 bits per heavy atom. The minimum Gasteiger partial charge on any atom is -0.504 e. The SMILES string of the molecule is O=C(O)CCc1ncc2c([nH]c3ccccc32)c1O. The molecule has 0 aliphatic heterocycles. The molecule has 19 heavy (non-hydrogen) atoms. The number of aromatic nitrogens is 2. The van der Waals surface area contributed by atoms with Gasteiger partial charge in [-0.1, -0.05) is 18.2 Å². The number of aryl methyl sites for hydroxylation is 1. The molecule has 0 saturated heterocycles. The number of nitrogens with one attached hydrogen (secondary N) is 1. The molecule has 0 spiro atoms. The summed E-state index contributed by atoms with van der Waals surface area (Å²) in [6.45, 7) is 0. The molecule has 0 unspecified atom stereocenters. The van der Waals surface area contributed by atoms with E-state index in [4.69, 9.17) is 5.11 Å². The monoisotopic (exact) mass is 256 g/mol. The number of carbonyl (C=O) groups is 1. The van der Waals surface area contributed by atoms with Crippen molar-refractivity contribution in [1.29, 1.82) is 0 Å². The largest absolute Gasteiger partial charge is 0.504 e. The summed E-state index contributed by atoms with van der Waals surface area (Å²) in [5, 5.41) is 20.7. The number of fused-ring (bicyclic) bond motifs is 3. The Morgan fingerprint density at radius 3 is 2.84 bits per heavy atom. The second kappa shape index (κ2) is 4.28. The first-order chi connectivity index (χ1) is 9.16. The van der Waals surface area contributed by atoms with Crippen molar-refractivity contribution in [2.24, 2.45) is 0 Å². The first-order valence-electron chi connectivity index (χ1n) is 5.96. The fourth-order valence-electron chi connectivity index (χ4n) is 2.24. The van der Waals surface area contributed by atoms with Crippen molar-refractivity contribution < 1.29 is 15.0 Å². The van der Waals surface area contributed by atoms with Gasteiger partial charge in [0.1, 0.15) is 0 Å². The maximum atomic E-state index is 10.6. The number of rotatable bonds is 3. The standard InChI is InChI=1S/C14H12N2O3/c17-12(18)6-5-11-14(19)13-9(7-15-11)8-3-1-2-4-10(8)16-13/h1-4,7,16,19H,5-6H2,(H,17,18). The lowest BCUT2D eigenvalue weighted by Gasteiger charge is -2.02. The van der Waals surface area contributed by atoms with Gasteiger partial charge in [-0.15, -0.1) is 0 Å². The number of H-pyrrole nitrogens is 1. The maximum absolute atomic E-state index is 10.6. The van der Waals surface area contributed by atoms with Crippen LogP contribution in [0.4, 0.5) is 0 Å². The molecule has 0 amide bonds. The van der Waals surface area contributed by atoms with Crippen molar-refractivity contribution in [3.63, 3.8) is 0 Å². The van der Waals surface area contributed by atoms with E-state index in [1.807, 2.05) is 24.3 Å². The van der Waals surface area contributed by atoms with Crippen LogP contribution in [-0.4, -0.2) is 26.2 Å². The van der Waals surface area contributed by atoms with Gasteiger partial charge in [0.25, 0.3) is 0 Å². The molecule has 5 nitrogen and oxygen atoms in total. The summed E-state index contributed by atoms with van der Waals surface area (Å²) in [5.74, 6) is -0.868. The smallest absolute Gasteiger partial charge is 0.303 e. The van der Waals surface area contributed by atoms with Crippen molar-refractivity contribution >= 4 is 27.8 Å². The molecule has 0 aliphatic carbocycles. The van der Waals surface area contributed by atoms with E-state index in [0.717, 1.165) is 16.3 Å². The topological polar surface area (TPSA) is 86.2 Å². The number of carboxylic acid groups (broad SMARTS) is 1. The van der Waals surface area contributed by atoms with Gasteiger partial charge in [0, 0.05) is 28.9 Å². The summed E-state index contributed by atoms with van der Waals surface area (Å²) in [6.07, 6.45) is 1.84. The minimum atomic E-state index is -0.905. The zero-order chi connectivity index (χ0) is 13.4. The van der Waals surface area contributed by atoms with Crippen LogP contribution in [0.15, 0.2) is 30.5 Å². The molecule has 1 aromatic carbocycles. The first kappa shape index (κ1) is 11.5. The number of nitrogens with zero attached hydrogens (tertiary/aromatic N) is 1. The van der Waals surface area contributed by atoms with Gasteiger partial charge in [0.2, 0.25) is 0 Å². The van der Waals surface area contributed by atoms with Crippen LogP contribution in [0.1, 0.15) is 12.1 Å². The molecule has 5 heteroatoms. The van der Waals surface area contributed by atoms with Crippen LogP contribution in [-0.2, 0) is 11.2 Å². The molecule has 0 fully saturated rings. The molecule has 0 bridgehead atoms. The van der Waals surface area contributed by atoms with Crippen molar-refractivity contribution in [3.8, 4) is 5.75 Å². The minimum absolute atomic E-state index is 0.0370. The van der Waals surface area contributed by atoms with Crippen LogP contribution in [0, 0.1) is 0 Å². The lowest BCUT2D eigenvalue weighted by Crippen LogP contribution is -1.99. The van der Waals surface area contributed by atoms with Gasteiger partial charge in [-0.05, 0) is 6.07 Å². The molecular formula is C14H12N2O3. The van der Waals surface area contributed by atoms with Crippen LogP contribution in [0.3, 0.4) is 0 Å². The number of aromatic amines is 1. The van der Waals surface area contributed by atoms with Crippen molar-refractivity contribution in [2.75, 3.05) is 0 Å². The molecule has 3 aromatic rings. The predicted octanol–water partition coefficient (Wildman–Crippen LogP) is 2.44. The molecule has 0 radical (unpaired) electrons. The Morgan fingerprint density at radius 2 is 2.05 bits per heavy atom. The van der Waals surface area contributed by atoms with E-state index in [9.17, 15) is 9.90 Å².